The maximum atomic E-state index is 13.4. The number of allylic oxidation sites excluding steroid dienone is 1. The van der Waals surface area contributed by atoms with Crippen molar-refractivity contribution in [2.75, 3.05) is 11.9 Å². The van der Waals surface area contributed by atoms with E-state index in [0.717, 1.165) is 22.1 Å². The SMILES string of the molecule is CCNC(=O)CC1=CSC2=NC(C)=C(C(=O)Nc3ccccc3)C(c3ccccc3)N12. The average molecular weight is 433 g/mol. The van der Waals surface area contributed by atoms with Gasteiger partial charge in [0, 0.05) is 17.9 Å². The Labute approximate surface area is 186 Å². The topological polar surface area (TPSA) is 73.8 Å². The molecule has 0 saturated heterocycles. The van der Waals surface area contributed by atoms with E-state index in [0.29, 0.717) is 17.8 Å². The van der Waals surface area contributed by atoms with Crippen molar-refractivity contribution in [2.45, 2.75) is 26.3 Å². The molecule has 6 nitrogen and oxygen atoms in total. The summed E-state index contributed by atoms with van der Waals surface area (Å²) in [5, 5.41) is 8.58. The Kier molecular flexibility index (Phi) is 6.23. The van der Waals surface area contributed by atoms with E-state index in [9.17, 15) is 9.59 Å². The zero-order valence-electron chi connectivity index (χ0n) is 17.5. The van der Waals surface area contributed by atoms with Crippen molar-refractivity contribution in [2.24, 2.45) is 4.99 Å². The number of para-hydroxylation sites is 1. The lowest BCUT2D eigenvalue weighted by atomic mass is 9.93. The van der Waals surface area contributed by atoms with E-state index in [-0.39, 0.29) is 24.3 Å². The molecular weight excluding hydrogens is 408 g/mol. The third-order valence-electron chi connectivity index (χ3n) is 5.11. The van der Waals surface area contributed by atoms with Gasteiger partial charge in [-0.3, -0.25) is 9.59 Å². The van der Waals surface area contributed by atoms with Crippen LogP contribution in [-0.4, -0.2) is 28.4 Å². The second-order valence-corrected chi connectivity index (χ2v) is 8.09. The second kappa shape index (κ2) is 9.22. The van der Waals surface area contributed by atoms with E-state index in [4.69, 9.17) is 4.99 Å². The van der Waals surface area contributed by atoms with Gasteiger partial charge in [0.15, 0.2) is 5.17 Å². The Morgan fingerprint density at radius 3 is 2.42 bits per heavy atom. The van der Waals surface area contributed by atoms with Gasteiger partial charge in [-0.25, -0.2) is 4.99 Å². The Morgan fingerprint density at radius 2 is 1.74 bits per heavy atom. The number of nitrogens with zero attached hydrogens (tertiary/aromatic N) is 2. The van der Waals surface area contributed by atoms with Crippen LogP contribution >= 0.6 is 11.8 Å². The minimum absolute atomic E-state index is 0.0519. The van der Waals surface area contributed by atoms with Crippen LogP contribution in [0.4, 0.5) is 5.69 Å². The van der Waals surface area contributed by atoms with Crippen molar-refractivity contribution in [1.82, 2.24) is 10.2 Å². The molecule has 158 valence electrons. The van der Waals surface area contributed by atoms with Crippen LogP contribution in [0.15, 0.2) is 88.0 Å². The van der Waals surface area contributed by atoms with Crippen LogP contribution in [0.5, 0.6) is 0 Å². The fourth-order valence-corrected chi connectivity index (χ4v) is 4.72. The van der Waals surface area contributed by atoms with E-state index in [1.807, 2.05) is 84.8 Å². The van der Waals surface area contributed by atoms with Gasteiger partial charge in [-0.1, -0.05) is 60.3 Å². The summed E-state index contributed by atoms with van der Waals surface area (Å²) >= 11 is 1.48. The third kappa shape index (κ3) is 4.41. The molecular formula is C24H24N4O2S. The molecule has 0 aliphatic carbocycles. The number of amides is 2. The van der Waals surface area contributed by atoms with E-state index >= 15 is 0 Å². The lowest BCUT2D eigenvalue weighted by molar-refractivity contribution is -0.120. The van der Waals surface area contributed by atoms with Crippen molar-refractivity contribution < 1.29 is 9.59 Å². The monoisotopic (exact) mass is 432 g/mol. The number of carbonyl (C=O) groups excluding carboxylic acids is 2. The number of benzene rings is 2. The summed E-state index contributed by atoms with van der Waals surface area (Å²) in [5.41, 5.74) is 3.78. The van der Waals surface area contributed by atoms with Gasteiger partial charge in [-0.2, -0.15) is 0 Å². The maximum absolute atomic E-state index is 13.4. The van der Waals surface area contributed by atoms with Crippen LogP contribution < -0.4 is 10.6 Å². The number of carbonyl (C=O) groups is 2. The lowest BCUT2D eigenvalue weighted by Gasteiger charge is -2.36. The predicted octanol–water partition coefficient (Wildman–Crippen LogP) is 4.43. The van der Waals surface area contributed by atoms with Crippen LogP contribution in [0.2, 0.25) is 0 Å². The lowest BCUT2D eigenvalue weighted by Crippen LogP contribution is -2.38. The molecule has 0 saturated carbocycles. The summed E-state index contributed by atoms with van der Waals surface area (Å²) in [6.45, 7) is 4.34. The molecule has 2 amide bonds. The van der Waals surface area contributed by atoms with Gasteiger partial charge in [0.1, 0.15) is 0 Å². The number of rotatable bonds is 6. The number of fused-ring (bicyclic) bond motifs is 1. The van der Waals surface area contributed by atoms with E-state index in [1.54, 1.807) is 0 Å². The summed E-state index contributed by atoms with van der Waals surface area (Å²) in [7, 11) is 0. The largest absolute Gasteiger partial charge is 0.356 e. The van der Waals surface area contributed by atoms with Crippen molar-refractivity contribution in [3.63, 3.8) is 0 Å². The fraction of sp³-hybridized carbons (Fsp3) is 0.208. The molecule has 2 aromatic carbocycles. The van der Waals surface area contributed by atoms with Gasteiger partial charge in [-0.05, 0) is 37.0 Å². The van der Waals surface area contributed by atoms with Crippen molar-refractivity contribution in [3.05, 3.63) is 88.6 Å². The zero-order valence-corrected chi connectivity index (χ0v) is 18.3. The molecule has 2 heterocycles. The van der Waals surface area contributed by atoms with Gasteiger partial charge in [0.2, 0.25) is 5.91 Å². The first-order chi connectivity index (χ1) is 15.1. The Balaban J connectivity index is 1.73. The van der Waals surface area contributed by atoms with Gasteiger partial charge < -0.3 is 15.5 Å². The number of hydrogen-bond donors (Lipinski definition) is 2. The second-order valence-electron chi connectivity index (χ2n) is 7.25. The highest BCUT2D eigenvalue weighted by atomic mass is 32.2. The van der Waals surface area contributed by atoms with Crippen molar-refractivity contribution >= 4 is 34.4 Å². The molecule has 0 radical (unpaired) electrons. The summed E-state index contributed by atoms with van der Waals surface area (Å²) in [6, 6.07) is 18.9. The molecule has 0 spiro atoms. The van der Waals surface area contributed by atoms with Crippen LogP contribution in [0.1, 0.15) is 31.9 Å². The van der Waals surface area contributed by atoms with Gasteiger partial charge in [-0.15, -0.1) is 0 Å². The molecule has 7 heteroatoms. The number of nitrogens with one attached hydrogen (secondary N) is 2. The first-order valence-electron chi connectivity index (χ1n) is 10.2. The predicted molar refractivity (Wildman–Crippen MR) is 125 cm³/mol. The Hall–Kier alpha value is -3.32. The zero-order chi connectivity index (χ0) is 21.8. The number of anilines is 1. The van der Waals surface area contributed by atoms with Crippen molar-refractivity contribution in [1.29, 1.82) is 0 Å². The fourth-order valence-electron chi connectivity index (χ4n) is 3.75. The first kappa shape index (κ1) is 20.9. The van der Waals surface area contributed by atoms with Gasteiger partial charge in [0.25, 0.3) is 5.91 Å². The number of aliphatic imine (C=N–C) groups is 1. The third-order valence-corrected chi connectivity index (χ3v) is 6.00. The van der Waals surface area contributed by atoms with Crippen LogP contribution in [-0.2, 0) is 9.59 Å². The highest BCUT2D eigenvalue weighted by molar-refractivity contribution is 8.16. The molecule has 2 N–H and O–H groups in total. The molecule has 31 heavy (non-hydrogen) atoms. The smallest absolute Gasteiger partial charge is 0.255 e. The van der Waals surface area contributed by atoms with Crippen LogP contribution in [0.3, 0.4) is 0 Å². The summed E-state index contributed by atoms with van der Waals surface area (Å²) < 4.78 is 0. The first-order valence-corrected chi connectivity index (χ1v) is 11.1. The highest BCUT2D eigenvalue weighted by Gasteiger charge is 2.40. The van der Waals surface area contributed by atoms with E-state index in [2.05, 4.69) is 10.6 Å². The minimum atomic E-state index is -0.368. The highest BCUT2D eigenvalue weighted by Crippen LogP contribution is 2.44. The number of amidine groups is 1. The molecule has 0 bridgehead atoms. The summed E-state index contributed by atoms with van der Waals surface area (Å²) in [6.07, 6.45) is 0.232. The minimum Gasteiger partial charge on any atom is -0.356 e. The Bertz CT molecular complexity index is 1080. The van der Waals surface area contributed by atoms with Crippen LogP contribution in [0, 0.1) is 0 Å². The molecule has 2 aromatic rings. The Morgan fingerprint density at radius 1 is 1.06 bits per heavy atom. The quantitative estimate of drug-likeness (QED) is 0.708. The number of hydrogen-bond acceptors (Lipinski definition) is 5. The molecule has 0 aromatic heterocycles. The van der Waals surface area contributed by atoms with Crippen molar-refractivity contribution in [3.8, 4) is 0 Å². The van der Waals surface area contributed by atoms with E-state index < -0.39 is 0 Å². The molecule has 1 atom stereocenters. The number of thioether (sulfide) groups is 1. The van der Waals surface area contributed by atoms with Gasteiger partial charge >= 0.3 is 0 Å². The molecule has 2 aliphatic rings. The molecule has 1 unspecified atom stereocenters. The average Bonchev–Trinajstić information content (AvgIpc) is 3.16. The molecule has 4 rings (SSSR count). The normalized spacial score (nSPS) is 17.6. The molecule has 0 fully saturated rings. The van der Waals surface area contributed by atoms with Crippen LogP contribution in [0.25, 0.3) is 0 Å². The molecule has 2 aliphatic heterocycles. The summed E-state index contributed by atoms with van der Waals surface area (Å²) in [5.74, 6) is -0.251. The summed E-state index contributed by atoms with van der Waals surface area (Å²) in [4.78, 5) is 32.5. The maximum Gasteiger partial charge on any atom is 0.255 e. The van der Waals surface area contributed by atoms with Gasteiger partial charge in [0.05, 0.1) is 23.7 Å². The standard InChI is InChI=1S/C24H24N4O2S/c1-3-25-20(29)14-19-15-31-24-26-16(2)21(23(30)27-18-12-8-5-9-13-18)22(28(19)24)17-10-6-4-7-11-17/h4-13,15,22H,3,14H2,1-2H3,(H,25,29)(H,27,30). The van der Waals surface area contributed by atoms with E-state index in [1.165, 1.54) is 11.8 Å².